The summed E-state index contributed by atoms with van der Waals surface area (Å²) in [6.07, 6.45) is 1.80. The van der Waals surface area contributed by atoms with Crippen LogP contribution in [0.5, 0.6) is 0 Å². The zero-order chi connectivity index (χ0) is 10.8. The fraction of sp³-hybridized carbons (Fsp3) is 0.231. The van der Waals surface area contributed by atoms with Crippen LogP contribution in [-0.4, -0.2) is 9.97 Å². The topological polar surface area (TPSA) is 25.8 Å². The van der Waals surface area contributed by atoms with Gasteiger partial charge in [-0.05, 0) is 39.0 Å². The van der Waals surface area contributed by atoms with Crippen molar-refractivity contribution >= 4 is 0 Å². The SMILES string of the molecule is Cc1cc(C)cc(-c2ccnc(C)n2)c1. The average Bonchev–Trinajstić information content (AvgIpc) is 2.16. The largest absolute Gasteiger partial charge is 0.242 e. The van der Waals surface area contributed by atoms with Crippen molar-refractivity contribution in [3.05, 3.63) is 47.4 Å². The lowest BCUT2D eigenvalue weighted by molar-refractivity contribution is 1.06. The Hall–Kier alpha value is -1.70. The highest BCUT2D eigenvalue weighted by atomic mass is 14.9. The molecule has 15 heavy (non-hydrogen) atoms. The lowest BCUT2D eigenvalue weighted by atomic mass is 10.1. The molecule has 2 heteroatoms. The van der Waals surface area contributed by atoms with Crippen molar-refractivity contribution < 1.29 is 0 Å². The van der Waals surface area contributed by atoms with E-state index in [4.69, 9.17) is 0 Å². The molecular formula is C13H14N2. The van der Waals surface area contributed by atoms with Crippen molar-refractivity contribution in [1.82, 2.24) is 9.97 Å². The van der Waals surface area contributed by atoms with Gasteiger partial charge in [0.15, 0.2) is 0 Å². The fourth-order valence-corrected chi connectivity index (χ4v) is 1.74. The first-order valence-electron chi connectivity index (χ1n) is 5.03. The minimum Gasteiger partial charge on any atom is -0.242 e. The Morgan fingerprint density at radius 1 is 0.933 bits per heavy atom. The number of aryl methyl sites for hydroxylation is 3. The monoisotopic (exact) mass is 198 g/mol. The van der Waals surface area contributed by atoms with Crippen LogP contribution < -0.4 is 0 Å². The van der Waals surface area contributed by atoms with Gasteiger partial charge in [0, 0.05) is 11.8 Å². The van der Waals surface area contributed by atoms with Crippen LogP contribution in [0.15, 0.2) is 30.5 Å². The van der Waals surface area contributed by atoms with Gasteiger partial charge < -0.3 is 0 Å². The summed E-state index contributed by atoms with van der Waals surface area (Å²) in [5.74, 6) is 0.812. The first-order valence-corrected chi connectivity index (χ1v) is 5.03. The summed E-state index contributed by atoms with van der Waals surface area (Å²) >= 11 is 0. The molecule has 0 aliphatic carbocycles. The van der Waals surface area contributed by atoms with Gasteiger partial charge in [-0.15, -0.1) is 0 Å². The van der Waals surface area contributed by atoms with Crippen LogP contribution in [-0.2, 0) is 0 Å². The molecule has 0 fully saturated rings. The Morgan fingerprint density at radius 2 is 1.60 bits per heavy atom. The zero-order valence-corrected chi connectivity index (χ0v) is 9.28. The fourth-order valence-electron chi connectivity index (χ4n) is 1.74. The van der Waals surface area contributed by atoms with E-state index >= 15 is 0 Å². The standard InChI is InChI=1S/C13H14N2/c1-9-6-10(2)8-12(7-9)13-4-5-14-11(3)15-13/h4-8H,1-3H3. The first-order chi connectivity index (χ1) is 7.15. The second-order valence-corrected chi connectivity index (χ2v) is 3.87. The Bertz CT molecular complexity index is 469. The van der Waals surface area contributed by atoms with Crippen LogP contribution >= 0.6 is 0 Å². The van der Waals surface area contributed by atoms with Crippen LogP contribution in [0.2, 0.25) is 0 Å². The molecule has 0 N–H and O–H groups in total. The Labute approximate surface area is 90.0 Å². The van der Waals surface area contributed by atoms with Gasteiger partial charge in [0.1, 0.15) is 5.82 Å². The van der Waals surface area contributed by atoms with Crippen LogP contribution in [0.1, 0.15) is 17.0 Å². The van der Waals surface area contributed by atoms with E-state index in [1.807, 2.05) is 13.0 Å². The number of nitrogens with zero attached hydrogens (tertiary/aromatic N) is 2. The highest BCUT2D eigenvalue weighted by Gasteiger charge is 2.01. The molecule has 0 saturated heterocycles. The van der Waals surface area contributed by atoms with Crippen LogP contribution in [0.4, 0.5) is 0 Å². The van der Waals surface area contributed by atoms with E-state index in [-0.39, 0.29) is 0 Å². The highest BCUT2D eigenvalue weighted by Crippen LogP contribution is 2.19. The second-order valence-electron chi connectivity index (χ2n) is 3.87. The predicted molar refractivity (Wildman–Crippen MR) is 61.7 cm³/mol. The summed E-state index contributed by atoms with van der Waals surface area (Å²) in [6.45, 7) is 6.11. The molecule has 0 saturated carbocycles. The van der Waals surface area contributed by atoms with Crippen molar-refractivity contribution in [3.63, 3.8) is 0 Å². The van der Waals surface area contributed by atoms with Gasteiger partial charge in [0.05, 0.1) is 5.69 Å². The molecule has 1 aromatic heterocycles. The molecule has 0 radical (unpaired) electrons. The molecule has 0 atom stereocenters. The Kier molecular flexibility index (Phi) is 2.50. The van der Waals surface area contributed by atoms with Gasteiger partial charge in [-0.2, -0.15) is 0 Å². The van der Waals surface area contributed by atoms with E-state index in [0.29, 0.717) is 0 Å². The normalized spacial score (nSPS) is 10.3. The summed E-state index contributed by atoms with van der Waals surface area (Å²) in [4.78, 5) is 8.51. The van der Waals surface area contributed by atoms with Crippen molar-refractivity contribution in [2.75, 3.05) is 0 Å². The van der Waals surface area contributed by atoms with Gasteiger partial charge in [0.25, 0.3) is 0 Å². The zero-order valence-electron chi connectivity index (χ0n) is 9.28. The van der Waals surface area contributed by atoms with Gasteiger partial charge in [-0.1, -0.05) is 17.2 Å². The molecule has 1 aromatic carbocycles. The van der Waals surface area contributed by atoms with E-state index in [0.717, 1.165) is 17.1 Å². The maximum atomic E-state index is 4.41. The predicted octanol–water partition coefficient (Wildman–Crippen LogP) is 3.07. The average molecular weight is 198 g/mol. The van der Waals surface area contributed by atoms with Gasteiger partial charge in [-0.3, -0.25) is 0 Å². The van der Waals surface area contributed by atoms with Gasteiger partial charge in [0.2, 0.25) is 0 Å². The van der Waals surface area contributed by atoms with E-state index < -0.39 is 0 Å². The third-order valence-corrected chi connectivity index (χ3v) is 2.29. The highest BCUT2D eigenvalue weighted by molar-refractivity contribution is 5.60. The third-order valence-electron chi connectivity index (χ3n) is 2.29. The van der Waals surface area contributed by atoms with Crippen molar-refractivity contribution in [3.8, 4) is 11.3 Å². The Balaban J connectivity index is 2.54. The minimum absolute atomic E-state index is 0.812. The van der Waals surface area contributed by atoms with E-state index in [2.05, 4.69) is 42.0 Å². The summed E-state index contributed by atoms with van der Waals surface area (Å²) in [5, 5.41) is 0. The van der Waals surface area contributed by atoms with Gasteiger partial charge >= 0.3 is 0 Å². The quantitative estimate of drug-likeness (QED) is 0.703. The smallest absolute Gasteiger partial charge is 0.125 e. The molecule has 1 heterocycles. The summed E-state index contributed by atoms with van der Waals surface area (Å²) in [7, 11) is 0. The number of rotatable bonds is 1. The number of aromatic nitrogens is 2. The van der Waals surface area contributed by atoms with E-state index in [1.165, 1.54) is 11.1 Å². The number of hydrogen-bond acceptors (Lipinski definition) is 2. The minimum atomic E-state index is 0.812. The van der Waals surface area contributed by atoms with Crippen molar-refractivity contribution in [2.45, 2.75) is 20.8 Å². The lowest BCUT2D eigenvalue weighted by Gasteiger charge is -2.04. The molecule has 0 spiro atoms. The number of benzene rings is 1. The second kappa shape index (κ2) is 3.81. The molecule has 0 aliphatic rings. The molecule has 0 amide bonds. The number of hydrogen-bond donors (Lipinski definition) is 0. The lowest BCUT2D eigenvalue weighted by Crippen LogP contribution is -1.90. The summed E-state index contributed by atoms with van der Waals surface area (Å²) in [6, 6.07) is 8.41. The maximum Gasteiger partial charge on any atom is 0.125 e. The molecular weight excluding hydrogens is 184 g/mol. The molecule has 2 aromatic rings. The van der Waals surface area contributed by atoms with Crippen molar-refractivity contribution in [1.29, 1.82) is 0 Å². The van der Waals surface area contributed by atoms with Gasteiger partial charge in [-0.25, -0.2) is 9.97 Å². The molecule has 76 valence electrons. The van der Waals surface area contributed by atoms with E-state index in [9.17, 15) is 0 Å². The molecule has 2 rings (SSSR count). The van der Waals surface area contributed by atoms with E-state index in [1.54, 1.807) is 6.20 Å². The molecule has 0 aliphatic heterocycles. The summed E-state index contributed by atoms with van der Waals surface area (Å²) in [5.41, 5.74) is 4.69. The van der Waals surface area contributed by atoms with Crippen LogP contribution in [0, 0.1) is 20.8 Å². The molecule has 0 unspecified atom stereocenters. The van der Waals surface area contributed by atoms with Crippen molar-refractivity contribution in [2.24, 2.45) is 0 Å². The first kappa shape index (κ1) is 9.84. The maximum absolute atomic E-state index is 4.41. The Morgan fingerprint density at radius 3 is 2.20 bits per heavy atom. The molecule has 2 nitrogen and oxygen atoms in total. The van der Waals surface area contributed by atoms with Crippen LogP contribution in [0.25, 0.3) is 11.3 Å². The molecule has 0 bridgehead atoms. The van der Waals surface area contributed by atoms with Crippen LogP contribution in [0.3, 0.4) is 0 Å². The summed E-state index contributed by atoms with van der Waals surface area (Å²) < 4.78 is 0. The third kappa shape index (κ3) is 2.21.